The molecular weight excluding hydrogens is 346 g/mol. The number of amides is 1. The van der Waals surface area contributed by atoms with Gasteiger partial charge in [-0.15, -0.1) is 0 Å². The lowest BCUT2D eigenvalue weighted by Crippen LogP contribution is -2.38. The molecule has 6 nitrogen and oxygen atoms in total. The lowest BCUT2D eigenvalue weighted by molar-refractivity contribution is -0.141. The summed E-state index contributed by atoms with van der Waals surface area (Å²) < 4.78 is 10.6. The van der Waals surface area contributed by atoms with Crippen molar-refractivity contribution < 1.29 is 24.2 Å². The molecule has 2 rings (SSSR count). The van der Waals surface area contributed by atoms with E-state index in [2.05, 4.69) is 0 Å². The van der Waals surface area contributed by atoms with Crippen LogP contribution in [0, 0.1) is 5.92 Å². The molecule has 2 aromatic rings. The number of ether oxygens (including phenoxy) is 2. The van der Waals surface area contributed by atoms with Gasteiger partial charge in [0, 0.05) is 18.7 Å². The number of benzene rings is 2. The summed E-state index contributed by atoms with van der Waals surface area (Å²) in [5, 5.41) is 9.23. The fraction of sp³-hybridized carbons (Fsp3) is 0.333. The summed E-state index contributed by atoms with van der Waals surface area (Å²) in [5.74, 6) is -0.493. The lowest BCUT2D eigenvalue weighted by Gasteiger charge is -2.25. The second-order valence-corrected chi connectivity index (χ2v) is 6.30. The van der Waals surface area contributed by atoms with Gasteiger partial charge in [-0.1, -0.05) is 31.2 Å². The van der Waals surface area contributed by atoms with Crippen LogP contribution < -0.4 is 9.47 Å². The van der Waals surface area contributed by atoms with Crippen molar-refractivity contribution in [3.8, 4) is 11.5 Å². The lowest BCUT2D eigenvalue weighted by atomic mass is 10.1. The van der Waals surface area contributed by atoms with Gasteiger partial charge in [0.05, 0.1) is 20.1 Å². The standard InChI is InChI=1S/C21H25NO5/c1-15(21(24)25)14-22(20(23)17-7-5-4-6-8-17)12-11-16-9-10-18(26-2)19(13-16)27-3/h4-10,13,15H,11-12,14H2,1-3H3,(H,24,25). The molecule has 1 amide bonds. The number of carbonyl (C=O) groups is 2. The Balaban J connectivity index is 2.16. The van der Waals surface area contributed by atoms with Crippen LogP contribution in [-0.4, -0.2) is 49.2 Å². The molecule has 6 heteroatoms. The van der Waals surface area contributed by atoms with Crippen molar-refractivity contribution in [3.63, 3.8) is 0 Å². The van der Waals surface area contributed by atoms with Crippen molar-refractivity contribution in [1.29, 1.82) is 0 Å². The molecule has 27 heavy (non-hydrogen) atoms. The SMILES string of the molecule is COc1ccc(CCN(CC(C)C(=O)O)C(=O)c2ccccc2)cc1OC. The van der Waals surface area contributed by atoms with Crippen LogP contribution in [-0.2, 0) is 11.2 Å². The van der Waals surface area contributed by atoms with Crippen molar-refractivity contribution in [2.75, 3.05) is 27.3 Å². The molecule has 0 bridgehead atoms. The summed E-state index contributed by atoms with van der Waals surface area (Å²) in [7, 11) is 3.15. The van der Waals surface area contributed by atoms with E-state index in [4.69, 9.17) is 9.47 Å². The summed E-state index contributed by atoms with van der Waals surface area (Å²) in [6.07, 6.45) is 0.575. The van der Waals surface area contributed by atoms with Crippen molar-refractivity contribution in [3.05, 3.63) is 59.7 Å². The Kier molecular flexibility index (Phi) is 7.23. The second kappa shape index (κ2) is 9.62. The molecule has 0 aliphatic heterocycles. The van der Waals surface area contributed by atoms with Gasteiger partial charge in [0.2, 0.25) is 0 Å². The molecule has 144 valence electrons. The molecule has 0 aromatic heterocycles. The number of rotatable bonds is 9. The molecule has 2 aromatic carbocycles. The van der Waals surface area contributed by atoms with Gasteiger partial charge >= 0.3 is 5.97 Å². The smallest absolute Gasteiger partial charge is 0.308 e. The van der Waals surface area contributed by atoms with E-state index in [-0.39, 0.29) is 12.5 Å². The highest BCUT2D eigenvalue weighted by Crippen LogP contribution is 2.27. The maximum Gasteiger partial charge on any atom is 0.308 e. The molecular formula is C21H25NO5. The zero-order valence-electron chi connectivity index (χ0n) is 15.8. The summed E-state index contributed by atoms with van der Waals surface area (Å²) in [5.41, 5.74) is 1.52. The molecule has 0 aliphatic carbocycles. The zero-order chi connectivity index (χ0) is 19.8. The highest BCUT2D eigenvalue weighted by atomic mass is 16.5. The third-order valence-electron chi connectivity index (χ3n) is 4.34. The van der Waals surface area contributed by atoms with E-state index in [1.165, 1.54) is 0 Å². The molecule has 1 unspecified atom stereocenters. The zero-order valence-corrected chi connectivity index (χ0v) is 15.8. The summed E-state index contributed by atoms with van der Waals surface area (Å²) in [4.78, 5) is 25.7. The van der Waals surface area contributed by atoms with Gasteiger partial charge in [-0.25, -0.2) is 0 Å². The first-order valence-corrected chi connectivity index (χ1v) is 8.74. The number of aliphatic carboxylic acids is 1. The molecule has 0 spiro atoms. The monoisotopic (exact) mass is 371 g/mol. The van der Waals surface area contributed by atoms with Gasteiger partial charge in [0.1, 0.15) is 0 Å². The van der Waals surface area contributed by atoms with Crippen molar-refractivity contribution >= 4 is 11.9 Å². The number of hydrogen-bond donors (Lipinski definition) is 1. The number of hydrogen-bond acceptors (Lipinski definition) is 4. The number of carbonyl (C=O) groups excluding carboxylic acids is 1. The quantitative estimate of drug-likeness (QED) is 0.733. The van der Waals surface area contributed by atoms with Gasteiger partial charge in [0.15, 0.2) is 11.5 Å². The molecule has 0 aliphatic rings. The number of carboxylic acids is 1. The fourth-order valence-corrected chi connectivity index (χ4v) is 2.75. The molecule has 0 heterocycles. The Bertz CT molecular complexity index is 775. The molecule has 0 radical (unpaired) electrons. The van der Waals surface area contributed by atoms with Gasteiger partial charge < -0.3 is 19.5 Å². The van der Waals surface area contributed by atoms with E-state index in [0.717, 1.165) is 5.56 Å². The van der Waals surface area contributed by atoms with Crippen LogP contribution in [0.5, 0.6) is 11.5 Å². The second-order valence-electron chi connectivity index (χ2n) is 6.30. The van der Waals surface area contributed by atoms with Crippen molar-refractivity contribution in [1.82, 2.24) is 4.90 Å². The average Bonchev–Trinajstić information content (AvgIpc) is 2.70. The van der Waals surface area contributed by atoms with E-state index in [9.17, 15) is 14.7 Å². The van der Waals surface area contributed by atoms with Crippen molar-refractivity contribution in [2.45, 2.75) is 13.3 Å². The minimum atomic E-state index is -0.924. The number of nitrogens with zero attached hydrogens (tertiary/aromatic N) is 1. The minimum absolute atomic E-state index is 0.149. The molecule has 0 saturated heterocycles. The number of methoxy groups -OCH3 is 2. The van der Waals surface area contributed by atoms with Crippen LogP contribution >= 0.6 is 0 Å². The van der Waals surface area contributed by atoms with Crippen LogP contribution in [0.3, 0.4) is 0 Å². The van der Waals surface area contributed by atoms with Crippen LogP contribution in [0.15, 0.2) is 48.5 Å². The minimum Gasteiger partial charge on any atom is -0.493 e. The molecule has 0 saturated carbocycles. The highest BCUT2D eigenvalue weighted by molar-refractivity contribution is 5.94. The van der Waals surface area contributed by atoms with Gasteiger partial charge in [-0.2, -0.15) is 0 Å². The van der Waals surface area contributed by atoms with Crippen molar-refractivity contribution in [2.24, 2.45) is 5.92 Å². The Morgan fingerprint density at radius 2 is 1.70 bits per heavy atom. The van der Waals surface area contributed by atoms with E-state index < -0.39 is 11.9 Å². The first-order valence-electron chi connectivity index (χ1n) is 8.74. The Labute approximate surface area is 159 Å². The predicted octanol–water partition coefficient (Wildman–Crippen LogP) is 3.11. The normalized spacial score (nSPS) is 11.5. The summed E-state index contributed by atoms with van der Waals surface area (Å²) in [6.45, 7) is 2.15. The maximum atomic E-state index is 12.8. The fourth-order valence-electron chi connectivity index (χ4n) is 2.75. The van der Waals surface area contributed by atoms with Crippen LogP contribution in [0.2, 0.25) is 0 Å². The highest BCUT2D eigenvalue weighted by Gasteiger charge is 2.21. The number of carboxylic acid groups (broad SMARTS) is 1. The third-order valence-corrected chi connectivity index (χ3v) is 4.34. The Hall–Kier alpha value is -3.02. The molecule has 1 N–H and O–H groups in total. The Morgan fingerprint density at radius 3 is 2.30 bits per heavy atom. The molecule has 0 fully saturated rings. The topological polar surface area (TPSA) is 76.1 Å². The van der Waals surface area contributed by atoms with Crippen LogP contribution in [0.25, 0.3) is 0 Å². The van der Waals surface area contributed by atoms with E-state index in [0.29, 0.717) is 30.0 Å². The van der Waals surface area contributed by atoms with E-state index >= 15 is 0 Å². The first-order chi connectivity index (χ1) is 13.0. The summed E-state index contributed by atoms with van der Waals surface area (Å²) >= 11 is 0. The predicted molar refractivity (Wildman–Crippen MR) is 102 cm³/mol. The largest absolute Gasteiger partial charge is 0.493 e. The van der Waals surface area contributed by atoms with Crippen LogP contribution in [0.1, 0.15) is 22.8 Å². The third kappa shape index (κ3) is 5.48. The van der Waals surface area contributed by atoms with E-state index in [1.807, 2.05) is 24.3 Å². The summed E-state index contributed by atoms with van der Waals surface area (Å²) in [6, 6.07) is 14.5. The van der Waals surface area contributed by atoms with E-state index in [1.54, 1.807) is 50.3 Å². The Morgan fingerprint density at radius 1 is 1.04 bits per heavy atom. The molecule has 1 atom stereocenters. The van der Waals surface area contributed by atoms with Gasteiger partial charge in [-0.3, -0.25) is 9.59 Å². The van der Waals surface area contributed by atoms with Crippen LogP contribution in [0.4, 0.5) is 0 Å². The maximum absolute atomic E-state index is 12.8. The first kappa shape index (κ1) is 20.3. The average molecular weight is 371 g/mol. The van der Waals surface area contributed by atoms with Gasteiger partial charge in [-0.05, 0) is 36.2 Å². The van der Waals surface area contributed by atoms with Gasteiger partial charge in [0.25, 0.3) is 5.91 Å².